The topological polar surface area (TPSA) is 111 Å². The molecule has 2 unspecified atom stereocenters. The highest BCUT2D eigenvalue weighted by Crippen LogP contribution is 2.15. The number of nitrogens with one attached hydrogen (secondary N) is 3. The summed E-state index contributed by atoms with van der Waals surface area (Å²) in [5.41, 5.74) is 1.93. The van der Waals surface area contributed by atoms with Gasteiger partial charge in [0.2, 0.25) is 5.91 Å². The van der Waals surface area contributed by atoms with E-state index in [1.807, 2.05) is 30.3 Å². The molecule has 2 amide bonds. The van der Waals surface area contributed by atoms with Crippen molar-refractivity contribution >= 4 is 41.3 Å². The van der Waals surface area contributed by atoms with Gasteiger partial charge in [-0.1, -0.05) is 48.5 Å². The number of thiol groups is 1. The van der Waals surface area contributed by atoms with E-state index in [-0.39, 0.29) is 12.8 Å². The van der Waals surface area contributed by atoms with Crippen molar-refractivity contribution in [1.29, 1.82) is 0 Å². The molecular formula is C22H23N3O4S. The molecule has 0 radical (unpaired) electrons. The first-order chi connectivity index (χ1) is 14.5. The summed E-state index contributed by atoms with van der Waals surface area (Å²) >= 11 is 4.16. The Kier molecular flexibility index (Phi) is 7.13. The van der Waals surface area contributed by atoms with E-state index >= 15 is 0 Å². The second-order valence-corrected chi connectivity index (χ2v) is 7.34. The summed E-state index contributed by atoms with van der Waals surface area (Å²) < 4.78 is 0. The normalized spacial score (nSPS) is 12.8. The molecule has 0 bridgehead atoms. The summed E-state index contributed by atoms with van der Waals surface area (Å²) in [6.07, 6.45) is 0.407. The minimum Gasteiger partial charge on any atom is -0.480 e. The zero-order valence-corrected chi connectivity index (χ0v) is 17.1. The fraction of sp³-hybridized carbons (Fsp3) is 0.227. The molecule has 2 atom stereocenters. The fourth-order valence-electron chi connectivity index (χ4n) is 3.15. The number of hydrogen-bond donors (Lipinski definition) is 5. The smallest absolute Gasteiger partial charge is 0.326 e. The summed E-state index contributed by atoms with van der Waals surface area (Å²) in [5, 5.41) is 15.6. The number of carbonyl (C=O) groups is 3. The van der Waals surface area contributed by atoms with Gasteiger partial charge in [-0.2, -0.15) is 12.6 Å². The van der Waals surface area contributed by atoms with Crippen LogP contribution in [0.3, 0.4) is 0 Å². The van der Waals surface area contributed by atoms with Gasteiger partial charge in [0.15, 0.2) is 0 Å². The van der Waals surface area contributed by atoms with E-state index in [1.54, 1.807) is 30.3 Å². The van der Waals surface area contributed by atoms with E-state index in [9.17, 15) is 19.5 Å². The van der Waals surface area contributed by atoms with Crippen LogP contribution < -0.4 is 10.6 Å². The van der Waals surface area contributed by atoms with E-state index in [2.05, 4.69) is 28.2 Å². The molecule has 4 N–H and O–H groups in total. The van der Waals surface area contributed by atoms with Crippen molar-refractivity contribution in [2.24, 2.45) is 0 Å². The van der Waals surface area contributed by atoms with Crippen molar-refractivity contribution < 1.29 is 19.5 Å². The monoisotopic (exact) mass is 425 g/mol. The fourth-order valence-corrected chi connectivity index (χ4v) is 3.41. The van der Waals surface area contributed by atoms with Crippen LogP contribution in [-0.4, -0.2) is 45.7 Å². The lowest BCUT2D eigenvalue weighted by molar-refractivity contribution is -0.142. The van der Waals surface area contributed by atoms with Gasteiger partial charge in [-0.05, 0) is 29.9 Å². The summed E-state index contributed by atoms with van der Waals surface area (Å²) in [6, 6.07) is 16.2. The summed E-state index contributed by atoms with van der Waals surface area (Å²) in [4.78, 5) is 40.1. The van der Waals surface area contributed by atoms with Gasteiger partial charge in [-0.15, -0.1) is 0 Å². The second kappa shape index (κ2) is 9.98. The number of fused-ring (bicyclic) bond motifs is 1. The number of carboxylic acid groups (broad SMARTS) is 1. The van der Waals surface area contributed by atoms with Gasteiger partial charge in [0.05, 0.1) is 0 Å². The Morgan fingerprint density at radius 2 is 1.67 bits per heavy atom. The lowest BCUT2D eigenvalue weighted by atomic mass is 10.1. The Morgan fingerprint density at radius 1 is 0.967 bits per heavy atom. The maximum atomic E-state index is 12.7. The van der Waals surface area contributed by atoms with Crippen LogP contribution in [-0.2, 0) is 16.0 Å². The van der Waals surface area contributed by atoms with Crippen molar-refractivity contribution in [3.63, 3.8) is 0 Å². The number of aliphatic carboxylic acids is 1. The molecular weight excluding hydrogens is 402 g/mol. The number of aromatic amines is 1. The predicted octanol–water partition coefficient (Wildman–Crippen LogP) is 2.40. The molecule has 1 aromatic heterocycles. The molecule has 0 aliphatic heterocycles. The molecule has 0 spiro atoms. The van der Waals surface area contributed by atoms with Gasteiger partial charge in [0, 0.05) is 17.3 Å². The molecule has 2 aromatic carbocycles. The Labute approximate surface area is 179 Å². The highest BCUT2D eigenvalue weighted by molar-refractivity contribution is 7.80. The lowest BCUT2D eigenvalue weighted by Crippen LogP contribution is -2.52. The van der Waals surface area contributed by atoms with E-state index < -0.39 is 29.9 Å². The number of carbonyl (C=O) groups excluding carboxylic acids is 2. The van der Waals surface area contributed by atoms with Gasteiger partial charge >= 0.3 is 5.97 Å². The number of amides is 2. The minimum atomic E-state index is -1.14. The molecule has 0 saturated carbocycles. The molecule has 0 fully saturated rings. The van der Waals surface area contributed by atoms with Crippen molar-refractivity contribution in [3.05, 3.63) is 71.9 Å². The second-order valence-electron chi connectivity index (χ2n) is 6.90. The van der Waals surface area contributed by atoms with Crippen molar-refractivity contribution in [1.82, 2.24) is 15.6 Å². The zero-order chi connectivity index (χ0) is 21.5. The number of carboxylic acids is 1. The number of benzene rings is 2. The van der Waals surface area contributed by atoms with Gasteiger partial charge < -0.3 is 20.7 Å². The van der Waals surface area contributed by atoms with Crippen LogP contribution in [0.5, 0.6) is 0 Å². The largest absolute Gasteiger partial charge is 0.480 e. The van der Waals surface area contributed by atoms with E-state index in [0.717, 1.165) is 16.5 Å². The third-order valence-corrected chi connectivity index (χ3v) is 4.97. The van der Waals surface area contributed by atoms with Crippen LogP contribution in [0.1, 0.15) is 22.5 Å². The number of aromatic nitrogens is 1. The molecule has 0 saturated heterocycles. The molecule has 156 valence electrons. The quantitative estimate of drug-likeness (QED) is 0.339. The molecule has 0 aliphatic rings. The Morgan fingerprint density at radius 3 is 2.33 bits per heavy atom. The molecule has 1 heterocycles. The van der Waals surface area contributed by atoms with E-state index in [4.69, 9.17) is 0 Å². The van der Waals surface area contributed by atoms with Gasteiger partial charge in [-0.25, -0.2) is 4.79 Å². The van der Waals surface area contributed by atoms with E-state index in [1.165, 1.54) is 0 Å². The van der Waals surface area contributed by atoms with Crippen molar-refractivity contribution in [2.45, 2.75) is 24.9 Å². The Hall–Kier alpha value is -3.26. The van der Waals surface area contributed by atoms with Crippen LogP contribution in [0.4, 0.5) is 0 Å². The third-order valence-electron chi connectivity index (χ3n) is 4.71. The van der Waals surface area contributed by atoms with Crippen molar-refractivity contribution in [3.8, 4) is 0 Å². The molecule has 8 heteroatoms. The molecule has 3 aromatic rings. The average molecular weight is 426 g/mol. The molecule has 3 rings (SSSR count). The number of hydrogen-bond acceptors (Lipinski definition) is 4. The summed E-state index contributed by atoms with van der Waals surface area (Å²) in [7, 11) is 0. The van der Waals surface area contributed by atoms with Gasteiger partial charge in [-0.3, -0.25) is 9.59 Å². The maximum Gasteiger partial charge on any atom is 0.326 e. The summed E-state index contributed by atoms with van der Waals surface area (Å²) in [6.45, 7) is 0. The Bertz CT molecular complexity index is 1000. The number of rotatable bonds is 9. The van der Waals surface area contributed by atoms with Crippen LogP contribution in [0.15, 0.2) is 60.7 Å². The highest BCUT2D eigenvalue weighted by Gasteiger charge is 2.27. The first kappa shape index (κ1) is 21.4. The van der Waals surface area contributed by atoms with Crippen LogP contribution >= 0.6 is 12.6 Å². The minimum absolute atomic E-state index is 0.144. The zero-order valence-electron chi connectivity index (χ0n) is 16.2. The predicted molar refractivity (Wildman–Crippen MR) is 118 cm³/mol. The maximum absolute atomic E-state index is 12.7. The number of para-hydroxylation sites is 1. The third kappa shape index (κ3) is 5.42. The molecule has 0 aliphatic carbocycles. The summed E-state index contributed by atoms with van der Waals surface area (Å²) in [5.74, 6) is -1.79. The van der Waals surface area contributed by atoms with Crippen molar-refractivity contribution in [2.75, 3.05) is 5.75 Å². The molecule has 30 heavy (non-hydrogen) atoms. The van der Waals surface area contributed by atoms with Gasteiger partial charge in [0.1, 0.15) is 17.8 Å². The Balaban J connectivity index is 1.69. The van der Waals surface area contributed by atoms with E-state index in [0.29, 0.717) is 11.4 Å². The SMILES string of the molecule is O=C(NC(CCS)C(=O)NC(Cc1ccccc1)C(=O)O)c1cc2ccccc2[nH]1. The number of H-pyrrole nitrogens is 1. The average Bonchev–Trinajstić information content (AvgIpc) is 3.18. The standard InChI is InChI=1S/C22H23N3O4S/c26-20(25-19(22(28)29)12-14-6-2-1-3-7-14)17(10-11-30)24-21(27)18-13-15-8-4-5-9-16(15)23-18/h1-9,13,17,19,23,30H,10-12H2,(H,24,27)(H,25,26)(H,28,29). The van der Waals surface area contributed by atoms with Crippen LogP contribution in [0, 0.1) is 0 Å². The molecule has 7 nitrogen and oxygen atoms in total. The first-order valence-corrected chi connectivity index (χ1v) is 10.2. The van der Waals surface area contributed by atoms with Gasteiger partial charge in [0.25, 0.3) is 5.91 Å². The van der Waals surface area contributed by atoms with Crippen LogP contribution in [0.25, 0.3) is 10.9 Å². The highest BCUT2D eigenvalue weighted by atomic mass is 32.1. The van der Waals surface area contributed by atoms with Crippen LogP contribution in [0.2, 0.25) is 0 Å². The first-order valence-electron chi connectivity index (χ1n) is 9.54. The lowest BCUT2D eigenvalue weighted by Gasteiger charge is -2.21.